The average Bonchev–Trinajstić information content (AvgIpc) is 2.94. The fourth-order valence-corrected chi connectivity index (χ4v) is 4.20. The van der Waals surface area contributed by atoms with Crippen molar-refractivity contribution in [3.8, 4) is 22.9 Å². The van der Waals surface area contributed by atoms with Crippen molar-refractivity contribution in [2.45, 2.75) is 6.42 Å². The number of aromatic nitrogens is 6. The smallest absolute Gasteiger partial charge is 0.181 e. The van der Waals surface area contributed by atoms with Gasteiger partial charge in [-0.25, -0.2) is 19.9 Å². The van der Waals surface area contributed by atoms with Crippen molar-refractivity contribution < 1.29 is 4.74 Å². The fourth-order valence-electron chi connectivity index (χ4n) is 4.20. The van der Waals surface area contributed by atoms with E-state index in [4.69, 9.17) is 24.7 Å². The quantitative estimate of drug-likeness (QED) is 0.388. The molecule has 8 nitrogen and oxygen atoms in total. The van der Waals surface area contributed by atoms with Crippen molar-refractivity contribution in [1.29, 1.82) is 0 Å². The van der Waals surface area contributed by atoms with Gasteiger partial charge in [0.05, 0.1) is 18.7 Å². The van der Waals surface area contributed by atoms with Crippen LogP contribution < -0.4 is 4.90 Å². The summed E-state index contributed by atoms with van der Waals surface area (Å²) in [6.45, 7) is 2.82. The second kappa shape index (κ2) is 9.52. The number of pyridine rings is 2. The molecule has 0 unspecified atom stereocenters. The lowest BCUT2D eigenvalue weighted by atomic mass is 10.1. The molecular formula is C27H23N7O. The molecule has 172 valence electrons. The molecule has 1 aliphatic heterocycles. The molecule has 1 aromatic carbocycles. The number of morpholine rings is 1. The molecular weight excluding hydrogens is 438 g/mol. The van der Waals surface area contributed by atoms with Crippen LogP contribution in [0.5, 0.6) is 0 Å². The van der Waals surface area contributed by atoms with E-state index < -0.39 is 0 Å². The van der Waals surface area contributed by atoms with Gasteiger partial charge in [-0.05, 0) is 29.3 Å². The van der Waals surface area contributed by atoms with Gasteiger partial charge in [0.25, 0.3) is 0 Å². The first-order valence-electron chi connectivity index (χ1n) is 11.6. The van der Waals surface area contributed by atoms with Gasteiger partial charge in [-0.1, -0.05) is 36.4 Å². The highest BCUT2D eigenvalue weighted by atomic mass is 16.5. The third-order valence-corrected chi connectivity index (χ3v) is 5.93. The lowest BCUT2D eigenvalue weighted by Gasteiger charge is -2.28. The van der Waals surface area contributed by atoms with Gasteiger partial charge in [0.1, 0.15) is 11.2 Å². The van der Waals surface area contributed by atoms with Crippen LogP contribution in [0, 0.1) is 0 Å². The molecule has 0 amide bonds. The zero-order chi connectivity index (χ0) is 23.5. The first kappa shape index (κ1) is 21.2. The van der Waals surface area contributed by atoms with Crippen LogP contribution in [-0.2, 0) is 11.2 Å². The van der Waals surface area contributed by atoms with Crippen LogP contribution in [0.25, 0.3) is 33.9 Å². The Morgan fingerprint density at radius 2 is 1.66 bits per heavy atom. The van der Waals surface area contributed by atoms with Crippen LogP contribution in [0.1, 0.15) is 11.1 Å². The molecule has 0 aliphatic carbocycles. The molecule has 8 heteroatoms. The number of nitrogens with zero attached hydrogens (tertiary/aromatic N) is 7. The number of hydrogen-bond donors (Lipinski definition) is 0. The monoisotopic (exact) mass is 461 g/mol. The number of benzene rings is 1. The Hall–Kier alpha value is -4.30. The molecule has 4 aromatic heterocycles. The maximum absolute atomic E-state index is 5.57. The van der Waals surface area contributed by atoms with E-state index in [0.29, 0.717) is 30.6 Å². The van der Waals surface area contributed by atoms with Crippen molar-refractivity contribution in [2.75, 3.05) is 31.2 Å². The van der Waals surface area contributed by atoms with Gasteiger partial charge in [-0.2, -0.15) is 0 Å². The predicted molar refractivity (Wildman–Crippen MR) is 134 cm³/mol. The van der Waals surface area contributed by atoms with Gasteiger partial charge < -0.3 is 9.64 Å². The highest BCUT2D eigenvalue weighted by Gasteiger charge is 2.20. The van der Waals surface area contributed by atoms with Crippen LogP contribution in [0.2, 0.25) is 0 Å². The van der Waals surface area contributed by atoms with Gasteiger partial charge in [-0.3, -0.25) is 9.97 Å². The van der Waals surface area contributed by atoms with Crippen LogP contribution in [0.4, 0.5) is 5.82 Å². The number of rotatable bonds is 5. The summed E-state index contributed by atoms with van der Waals surface area (Å²) in [6.07, 6.45) is 8.04. The lowest BCUT2D eigenvalue weighted by molar-refractivity contribution is 0.122. The normalized spacial score (nSPS) is 13.8. The van der Waals surface area contributed by atoms with E-state index >= 15 is 0 Å². The predicted octanol–water partition coefficient (Wildman–Crippen LogP) is 3.97. The van der Waals surface area contributed by atoms with Gasteiger partial charge in [-0.15, -0.1) is 0 Å². The summed E-state index contributed by atoms with van der Waals surface area (Å²) in [6, 6.07) is 17.9. The van der Waals surface area contributed by atoms with Crippen molar-refractivity contribution in [1.82, 2.24) is 29.9 Å². The molecule has 0 spiro atoms. The van der Waals surface area contributed by atoms with Crippen LogP contribution >= 0.6 is 0 Å². The number of fused-ring (bicyclic) bond motifs is 1. The average molecular weight is 462 g/mol. The maximum atomic E-state index is 5.57. The van der Waals surface area contributed by atoms with E-state index in [-0.39, 0.29) is 0 Å². The Bertz CT molecular complexity index is 1460. The van der Waals surface area contributed by atoms with Crippen molar-refractivity contribution in [3.05, 3.63) is 90.5 Å². The van der Waals surface area contributed by atoms with Crippen molar-refractivity contribution >= 4 is 16.9 Å². The fraction of sp³-hybridized carbons (Fsp3) is 0.185. The summed E-state index contributed by atoms with van der Waals surface area (Å²) < 4.78 is 5.57. The molecule has 5 aromatic rings. The van der Waals surface area contributed by atoms with Gasteiger partial charge in [0.15, 0.2) is 17.5 Å². The molecule has 0 radical (unpaired) electrons. The Labute approximate surface area is 202 Å². The number of anilines is 1. The zero-order valence-electron chi connectivity index (χ0n) is 19.1. The maximum Gasteiger partial charge on any atom is 0.181 e. The van der Waals surface area contributed by atoms with Crippen LogP contribution in [0.15, 0.2) is 79.4 Å². The summed E-state index contributed by atoms with van der Waals surface area (Å²) in [5.41, 5.74) is 5.38. The second-order valence-corrected chi connectivity index (χ2v) is 8.35. The molecule has 5 heterocycles. The summed E-state index contributed by atoms with van der Waals surface area (Å²) in [4.78, 5) is 30.3. The molecule has 1 saturated heterocycles. The van der Waals surface area contributed by atoms with E-state index in [2.05, 4.69) is 27.0 Å². The summed E-state index contributed by atoms with van der Waals surface area (Å²) in [5.74, 6) is 2.00. The van der Waals surface area contributed by atoms with Crippen molar-refractivity contribution in [2.24, 2.45) is 0 Å². The van der Waals surface area contributed by atoms with Crippen molar-refractivity contribution in [3.63, 3.8) is 0 Å². The topological polar surface area (TPSA) is 89.8 Å². The van der Waals surface area contributed by atoms with E-state index in [0.717, 1.165) is 53.1 Å². The standard InChI is InChI=1S/C27H23N7O/c1-2-6-21(7-3-1)25-29-10-8-22(31-25)26-32-23-16-20(15-19-5-4-9-28-17-19)18-30-24(23)27(33-26)34-11-13-35-14-12-34/h1-10,16-18H,11-15H2. The molecule has 35 heavy (non-hydrogen) atoms. The van der Waals surface area contributed by atoms with Gasteiger partial charge in [0.2, 0.25) is 0 Å². The largest absolute Gasteiger partial charge is 0.378 e. The van der Waals surface area contributed by atoms with Crippen LogP contribution in [-0.4, -0.2) is 56.2 Å². The SMILES string of the molecule is c1ccc(-c2nccc(-c3nc(N4CCOCC4)c4ncc(Cc5cccnc5)cc4n3)n2)cc1. The lowest BCUT2D eigenvalue weighted by Crippen LogP contribution is -2.37. The molecule has 0 atom stereocenters. The van der Waals surface area contributed by atoms with Gasteiger partial charge in [0, 0.05) is 49.9 Å². The summed E-state index contributed by atoms with van der Waals surface area (Å²) >= 11 is 0. The van der Waals surface area contributed by atoms with E-state index in [1.165, 1.54) is 0 Å². The van der Waals surface area contributed by atoms with E-state index in [1.54, 1.807) is 12.4 Å². The van der Waals surface area contributed by atoms with Crippen LogP contribution in [0.3, 0.4) is 0 Å². The van der Waals surface area contributed by atoms with E-state index in [9.17, 15) is 0 Å². The molecule has 6 rings (SSSR count). The molecule has 1 fully saturated rings. The zero-order valence-corrected chi connectivity index (χ0v) is 19.1. The highest BCUT2D eigenvalue weighted by molar-refractivity contribution is 5.87. The third-order valence-electron chi connectivity index (χ3n) is 5.93. The first-order valence-corrected chi connectivity index (χ1v) is 11.6. The number of ether oxygens (including phenoxy) is 1. The molecule has 1 aliphatic rings. The Morgan fingerprint density at radius 3 is 2.49 bits per heavy atom. The minimum absolute atomic E-state index is 0.555. The summed E-state index contributed by atoms with van der Waals surface area (Å²) in [5, 5.41) is 0. The molecule has 0 saturated carbocycles. The Balaban J connectivity index is 1.46. The Kier molecular flexibility index (Phi) is 5.78. The summed E-state index contributed by atoms with van der Waals surface area (Å²) in [7, 11) is 0. The first-order chi connectivity index (χ1) is 17.3. The molecule has 0 bridgehead atoms. The highest BCUT2D eigenvalue weighted by Crippen LogP contribution is 2.28. The minimum atomic E-state index is 0.555. The van der Waals surface area contributed by atoms with Gasteiger partial charge >= 0.3 is 0 Å². The Morgan fingerprint density at radius 1 is 0.771 bits per heavy atom. The molecule has 0 N–H and O–H groups in total. The second-order valence-electron chi connectivity index (χ2n) is 8.35. The number of hydrogen-bond acceptors (Lipinski definition) is 8. The van der Waals surface area contributed by atoms with E-state index in [1.807, 2.05) is 54.9 Å². The third kappa shape index (κ3) is 4.56. The minimum Gasteiger partial charge on any atom is -0.378 e.